The number of rotatable bonds is 7. The minimum absolute atomic E-state index is 0.463. The van der Waals surface area contributed by atoms with E-state index in [1.165, 1.54) is 10.4 Å². The van der Waals surface area contributed by atoms with E-state index >= 15 is 0 Å². The van der Waals surface area contributed by atoms with Crippen molar-refractivity contribution in [2.75, 3.05) is 7.05 Å². The van der Waals surface area contributed by atoms with Gasteiger partial charge in [0.2, 0.25) is 0 Å². The van der Waals surface area contributed by atoms with Crippen LogP contribution >= 0.6 is 22.9 Å². The summed E-state index contributed by atoms with van der Waals surface area (Å²) in [4.78, 5) is 3.56. The number of nitrogens with zero attached hydrogens (tertiary/aromatic N) is 1. The second kappa shape index (κ2) is 7.45. The van der Waals surface area contributed by atoms with E-state index < -0.39 is 0 Å². The molecule has 0 radical (unpaired) electrons. The van der Waals surface area contributed by atoms with E-state index in [1.54, 1.807) is 11.3 Å². The van der Waals surface area contributed by atoms with Crippen molar-refractivity contribution in [3.63, 3.8) is 0 Å². The van der Waals surface area contributed by atoms with Crippen LogP contribution in [0.15, 0.2) is 22.6 Å². The van der Waals surface area contributed by atoms with Crippen LogP contribution in [0.3, 0.4) is 0 Å². The summed E-state index contributed by atoms with van der Waals surface area (Å²) >= 11 is 7.61. The zero-order valence-corrected chi connectivity index (χ0v) is 14.6. The maximum Gasteiger partial charge on any atom is 0.118 e. The van der Waals surface area contributed by atoms with Crippen LogP contribution in [0.4, 0.5) is 0 Å². The number of thiophene rings is 1. The first-order valence-corrected chi connectivity index (χ1v) is 8.38. The Hall–Kier alpha value is -0.810. The Bertz CT molecular complexity index is 577. The monoisotopic (exact) mass is 326 g/mol. The van der Waals surface area contributed by atoms with Crippen LogP contribution in [-0.4, -0.2) is 18.0 Å². The number of aryl methyl sites for hydroxylation is 1. The molecule has 2 rings (SSSR count). The van der Waals surface area contributed by atoms with Crippen molar-refractivity contribution in [3.8, 4) is 0 Å². The van der Waals surface area contributed by atoms with Crippen molar-refractivity contribution in [2.24, 2.45) is 0 Å². The molecule has 116 valence electrons. The predicted molar refractivity (Wildman–Crippen MR) is 89.9 cm³/mol. The molecule has 0 aliphatic rings. The van der Waals surface area contributed by atoms with Gasteiger partial charge in [-0.3, -0.25) is 4.90 Å². The van der Waals surface area contributed by atoms with Crippen molar-refractivity contribution >= 4 is 22.9 Å². The molecule has 0 aliphatic heterocycles. The summed E-state index contributed by atoms with van der Waals surface area (Å²) in [5.41, 5.74) is 1.25. The maximum atomic E-state index is 5.97. The summed E-state index contributed by atoms with van der Waals surface area (Å²) in [6, 6.07) is 6.66. The molecule has 0 aromatic carbocycles. The number of hydrogen-bond acceptors (Lipinski definition) is 4. The lowest BCUT2D eigenvalue weighted by Crippen LogP contribution is -2.21. The molecule has 0 atom stereocenters. The van der Waals surface area contributed by atoms with Crippen LogP contribution in [0.1, 0.15) is 35.8 Å². The quantitative estimate of drug-likeness (QED) is 0.815. The molecule has 0 aliphatic carbocycles. The van der Waals surface area contributed by atoms with Gasteiger partial charge in [-0.2, -0.15) is 0 Å². The third kappa shape index (κ3) is 5.15. The van der Waals surface area contributed by atoms with Gasteiger partial charge in [0.1, 0.15) is 11.5 Å². The van der Waals surface area contributed by atoms with Gasteiger partial charge in [0.25, 0.3) is 0 Å². The largest absolute Gasteiger partial charge is 0.465 e. The molecule has 21 heavy (non-hydrogen) atoms. The van der Waals surface area contributed by atoms with Crippen LogP contribution in [0.25, 0.3) is 0 Å². The first kappa shape index (κ1) is 16.6. The smallest absolute Gasteiger partial charge is 0.118 e. The number of nitrogens with one attached hydrogen (secondary N) is 1. The van der Waals surface area contributed by atoms with Gasteiger partial charge in [-0.05, 0) is 32.2 Å². The first-order chi connectivity index (χ1) is 9.94. The summed E-state index contributed by atoms with van der Waals surface area (Å²) in [5.74, 6) is 2.01. The summed E-state index contributed by atoms with van der Waals surface area (Å²) in [6.07, 6.45) is 0. The third-order valence-corrected chi connectivity index (χ3v) is 4.47. The molecule has 0 bridgehead atoms. The minimum Gasteiger partial charge on any atom is -0.465 e. The van der Waals surface area contributed by atoms with E-state index in [0.717, 1.165) is 35.5 Å². The molecule has 0 saturated heterocycles. The summed E-state index contributed by atoms with van der Waals surface area (Å²) < 4.78 is 6.66. The van der Waals surface area contributed by atoms with E-state index in [4.69, 9.17) is 16.0 Å². The second-order valence-corrected chi connectivity index (χ2v) is 7.51. The molecule has 0 spiro atoms. The lowest BCUT2D eigenvalue weighted by molar-refractivity contribution is 0.319. The van der Waals surface area contributed by atoms with Crippen LogP contribution in [0.2, 0.25) is 4.34 Å². The van der Waals surface area contributed by atoms with Crippen molar-refractivity contribution in [1.29, 1.82) is 0 Å². The van der Waals surface area contributed by atoms with Gasteiger partial charge < -0.3 is 9.73 Å². The molecule has 0 amide bonds. The van der Waals surface area contributed by atoms with Crippen molar-refractivity contribution < 1.29 is 4.42 Å². The predicted octanol–water partition coefficient (Wildman–Crippen LogP) is 4.43. The summed E-state index contributed by atoms with van der Waals surface area (Å²) in [6.45, 7) is 8.87. The van der Waals surface area contributed by atoms with Crippen LogP contribution in [0, 0.1) is 6.92 Å². The normalized spacial score (nSPS) is 11.8. The Balaban J connectivity index is 1.92. The number of hydrogen-bond donors (Lipinski definition) is 1. The van der Waals surface area contributed by atoms with Gasteiger partial charge in [0.15, 0.2) is 0 Å². The molecule has 2 heterocycles. The highest BCUT2D eigenvalue weighted by molar-refractivity contribution is 7.16. The molecule has 0 unspecified atom stereocenters. The van der Waals surface area contributed by atoms with Crippen molar-refractivity contribution in [1.82, 2.24) is 10.2 Å². The molecular formula is C16H23ClN2OS. The Morgan fingerprint density at radius 2 is 2.10 bits per heavy atom. The van der Waals surface area contributed by atoms with Crippen LogP contribution in [-0.2, 0) is 19.6 Å². The summed E-state index contributed by atoms with van der Waals surface area (Å²) in [7, 11) is 2.12. The molecule has 0 saturated carbocycles. The number of furan rings is 1. The number of halogens is 1. The van der Waals surface area contributed by atoms with Crippen molar-refractivity contribution in [2.45, 2.75) is 46.4 Å². The van der Waals surface area contributed by atoms with Gasteiger partial charge in [-0.1, -0.05) is 25.4 Å². The first-order valence-electron chi connectivity index (χ1n) is 7.18. The fraction of sp³-hybridized carbons (Fsp3) is 0.500. The van der Waals surface area contributed by atoms with Gasteiger partial charge >= 0.3 is 0 Å². The van der Waals surface area contributed by atoms with E-state index in [2.05, 4.69) is 43.2 Å². The van der Waals surface area contributed by atoms with Gasteiger partial charge in [0, 0.05) is 29.6 Å². The van der Waals surface area contributed by atoms with E-state index in [1.807, 2.05) is 13.0 Å². The Morgan fingerprint density at radius 3 is 2.71 bits per heavy atom. The third-order valence-electron chi connectivity index (χ3n) is 3.25. The Kier molecular flexibility index (Phi) is 5.88. The fourth-order valence-corrected chi connectivity index (χ4v) is 3.35. The molecule has 1 N–H and O–H groups in total. The average molecular weight is 327 g/mol. The zero-order valence-electron chi connectivity index (χ0n) is 13.1. The highest BCUT2D eigenvalue weighted by Crippen LogP contribution is 2.23. The lowest BCUT2D eigenvalue weighted by atomic mass is 10.2. The SMILES string of the molecule is Cc1oc(CNC(C)C)cc1CN(C)Cc1ccc(Cl)s1. The standard InChI is InChI=1S/C16H23ClN2OS/c1-11(2)18-8-14-7-13(12(3)20-14)9-19(4)10-15-5-6-16(17)21-15/h5-7,11,18H,8-10H2,1-4H3. The minimum atomic E-state index is 0.463. The Labute approximate surface area is 135 Å². The van der Waals surface area contributed by atoms with E-state index in [9.17, 15) is 0 Å². The van der Waals surface area contributed by atoms with Crippen LogP contribution < -0.4 is 5.32 Å². The van der Waals surface area contributed by atoms with Gasteiger partial charge in [-0.25, -0.2) is 0 Å². The lowest BCUT2D eigenvalue weighted by Gasteiger charge is -2.14. The maximum absolute atomic E-state index is 5.97. The van der Waals surface area contributed by atoms with E-state index in [-0.39, 0.29) is 0 Å². The average Bonchev–Trinajstić information content (AvgIpc) is 2.94. The molecule has 2 aromatic rings. The highest BCUT2D eigenvalue weighted by Gasteiger charge is 2.11. The fourth-order valence-electron chi connectivity index (χ4n) is 2.19. The van der Waals surface area contributed by atoms with Gasteiger partial charge in [-0.15, -0.1) is 11.3 Å². The Morgan fingerprint density at radius 1 is 1.33 bits per heavy atom. The van der Waals surface area contributed by atoms with Gasteiger partial charge in [0.05, 0.1) is 10.9 Å². The molecule has 0 fully saturated rings. The molecule has 3 nitrogen and oxygen atoms in total. The van der Waals surface area contributed by atoms with Crippen molar-refractivity contribution in [3.05, 3.63) is 44.5 Å². The summed E-state index contributed by atoms with van der Waals surface area (Å²) in [5, 5.41) is 3.38. The zero-order chi connectivity index (χ0) is 15.4. The molecule has 5 heteroatoms. The highest BCUT2D eigenvalue weighted by atomic mass is 35.5. The van der Waals surface area contributed by atoms with E-state index in [0.29, 0.717) is 6.04 Å². The van der Waals surface area contributed by atoms with Crippen LogP contribution in [0.5, 0.6) is 0 Å². The molecular weight excluding hydrogens is 304 g/mol. The molecule has 2 aromatic heterocycles. The second-order valence-electron chi connectivity index (χ2n) is 5.71. The topological polar surface area (TPSA) is 28.4 Å².